The third-order valence-electron chi connectivity index (χ3n) is 1.26. The quantitative estimate of drug-likeness (QED) is 0.214. The molecular weight excluding hydrogens is 188 g/mol. The summed E-state index contributed by atoms with van der Waals surface area (Å²) in [7, 11) is 0. The number of hydrogen-bond donors (Lipinski definition) is 4. The van der Waals surface area contributed by atoms with Crippen LogP contribution in [-0.4, -0.2) is 28.0 Å². The Morgan fingerprint density at radius 3 is 1.93 bits per heavy atom. The normalized spacial score (nSPS) is 12.0. The second-order valence-corrected chi connectivity index (χ2v) is 2.68. The zero-order valence-corrected chi connectivity index (χ0v) is 8.43. The van der Waals surface area contributed by atoms with Crippen molar-refractivity contribution in [3.8, 4) is 0 Å². The summed E-state index contributed by atoms with van der Waals surface area (Å²) in [6, 6.07) is 0. The molecule has 0 radical (unpaired) electrons. The first kappa shape index (κ1) is 14.7. The van der Waals surface area contributed by atoms with Gasteiger partial charge >= 0.3 is 6.16 Å². The van der Waals surface area contributed by atoms with Gasteiger partial charge in [0.1, 0.15) is 0 Å². The Morgan fingerprint density at radius 1 is 1.36 bits per heavy atom. The van der Waals surface area contributed by atoms with Gasteiger partial charge in [-0.15, -0.1) is 5.10 Å². The maximum atomic E-state index is 8.56. The summed E-state index contributed by atoms with van der Waals surface area (Å²) >= 11 is 0. The minimum atomic E-state index is -1.83. The van der Waals surface area contributed by atoms with Crippen LogP contribution < -0.4 is 11.6 Å². The molecule has 0 rings (SSSR count). The molecule has 0 heterocycles. The van der Waals surface area contributed by atoms with E-state index >= 15 is 0 Å². The highest BCUT2D eigenvalue weighted by Gasteiger charge is 1.97. The third kappa shape index (κ3) is 12.8. The molecule has 0 bridgehead atoms. The molecule has 7 nitrogen and oxygen atoms in total. The summed E-state index contributed by atoms with van der Waals surface area (Å²) in [5.41, 5.74) is 6.19. The van der Waals surface area contributed by atoms with Crippen LogP contribution in [0.25, 0.3) is 0 Å². The first-order chi connectivity index (χ1) is 6.31. The fourth-order valence-electron chi connectivity index (χ4n) is 0.339. The second kappa shape index (κ2) is 7.84. The smallest absolute Gasteiger partial charge is 0.450 e. The molecule has 0 aliphatic rings. The topological polar surface area (TPSA) is 134 Å². The van der Waals surface area contributed by atoms with Crippen LogP contribution in [0.1, 0.15) is 20.8 Å². The molecule has 14 heavy (non-hydrogen) atoms. The molecule has 0 aromatic heterocycles. The van der Waals surface area contributed by atoms with E-state index in [1.165, 1.54) is 0 Å². The largest absolute Gasteiger partial charge is 0.503 e. The van der Waals surface area contributed by atoms with Gasteiger partial charge in [-0.05, 0) is 12.8 Å². The zero-order valence-electron chi connectivity index (χ0n) is 8.43. The molecule has 6 N–H and O–H groups in total. The molecule has 0 unspecified atom stereocenters. The van der Waals surface area contributed by atoms with Crippen LogP contribution in [0.15, 0.2) is 10.1 Å². The van der Waals surface area contributed by atoms with Gasteiger partial charge in [-0.1, -0.05) is 13.8 Å². The lowest BCUT2D eigenvalue weighted by Crippen LogP contribution is -2.15. The van der Waals surface area contributed by atoms with Crippen molar-refractivity contribution in [3.63, 3.8) is 0 Å². The first-order valence-electron chi connectivity index (χ1n) is 3.81. The molecule has 0 aromatic rings. The standard InChI is InChI=1S/C6H14N4.CH2O3/c1-4(2)5(3)9-6(7)10-8;2-1(3)4/h4H,8H2,1-3H3,(H2,7,10);(H2,2,3,4). The average molecular weight is 204 g/mol. The van der Waals surface area contributed by atoms with E-state index in [1.54, 1.807) is 0 Å². The first-order valence-corrected chi connectivity index (χ1v) is 3.81. The Hall–Kier alpha value is -1.79. The lowest BCUT2D eigenvalue weighted by atomic mass is 10.1. The van der Waals surface area contributed by atoms with Crippen molar-refractivity contribution in [2.45, 2.75) is 20.8 Å². The van der Waals surface area contributed by atoms with Crippen molar-refractivity contribution < 1.29 is 15.0 Å². The third-order valence-corrected chi connectivity index (χ3v) is 1.26. The van der Waals surface area contributed by atoms with E-state index < -0.39 is 6.16 Å². The minimum absolute atomic E-state index is 0.131. The predicted octanol–water partition coefficient (Wildman–Crippen LogP) is 0.514. The van der Waals surface area contributed by atoms with Gasteiger partial charge < -0.3 is 21.8 Å². The number of carbonyl (C=O) groups is 1. The number of guanidine groups is 1. The molecule has 7 heteroatoms. The van der Waals surface area contributed by atoms with Crippen molar-refractivity contribution in [3.05, 3.63) is 0 Å². The summed E-state index contributed by atoms with van der Waals surface area (Å²) in [4.78, 5) is 12.5. The van der Waals surface area contributed by atoms with Gasteiger partial charge in [-0.3, -0.25) is 0 Å². The van der Waals surface area contributed by atoms with Crippen molar-refractivity contribution in [1.82, 2.24) is 0 Å². The Bertz CT molecular complexity index is 231. The Labute approximate surface area is 82.1 Å². The van der Waals surface area contributed by atoms with Crippen LogP contribution in [0.5, 0.6) is 0 Å². The van der Waals surface area contributed by atoms with Crippen LogP contribution in [0, 0.1) is 5.92 Å². The molecule has 82 valence electrons. The van der Waals surface area contributed by atoms with E-state index in [2.05, 4.69) is 10.1 Å². The van der Waals surface area contributed by atoms with Crippen LogP contribution >= 0.6 is 0 Å². The van der Waals surface area contributed by atoms with Crippen molar-refractivity contribution in [1.29, 1.82) is 0 Å². The molecule has 0 aliphatic heterocycles. The molecule has 0 fully saturated rings. The molecule has 0 saturated heterocycles. The Morgan fingerprint density at radius 2 is 1.71 bits per heavy atom. The number of hydrazone groups is 1. The monoisotopic (exact) mass is 204 g/mol. The molecule has 0 saturated carbocycles. The predicted molar refractivity (Wildman–Crippen MR) is 54.4 cm³/mol. The molecular formula is C7H16N4O3. The highest BCUT2D eigenvalue weighted by Crippen LogP contribution is 1.94. The summed E-state index contributed by atoms with van der Waals surface area (Å²) in [5.74, 6) is 5.40. The molecule has 0 spiro atoms. The van der Waals surface area contributed by atoms with Gasteiger partial charge in [0, 0.05) is 5.71 Å². The lowest BCUT2D eigenvalue weighted by Gasteiger charge is -2.01. The maximum Gasteiger partial charge on any atom is 0.503 e. The van der Waals surface area contributed by atoms with E-state index in [9.17, 15) is 0 Å². The van der Waals surface area contributed by atoms with Gasteiger partial charge in [0.15, 0.2) is 0 Å². The molecule has 0 aromatic carbocycles. The van der Waals surface area contributed by atoms with E-state index in [-0.39, 0.29) is 5.96 Å². The van der Waals surface area contributed by atoms with Gasteiger partial charge in [0.05, 0.1) is 0 Å². The minimum Gasteiger partial charge on any atom is -0.450 e. The number of nitrogens with zero attached hydrogens (tertiary/aromatic N) is 2. The highest BCUT2D eigenvalue weighted by molar-refractivity contribution is 5.95. The number of aliphatic imine (C=N–C) groups is 1. The number of carboxylic acid groups (broad SMARTS) is 2. The second-order valence-electron chi connectivity index (χ2n) is 2.68. The van der Waals surface area contributed by atoms with Crippen LogP contribution in [-0.2, 0) is 0 Å². The fraction of sp³-hybridized carbons (Fsp3) is 0.571. The van der Waals surface area contributed by atoms with Crippen molar-refractivity contribution in [2.24, 2.45) is 27.6 Å². The zero-order chi connectivity index (χ0) is 11.7. The van der Waals surface area contributed by atoms with Crippen LogP contribution in [0.2, 0.25) is 0 Å². The average Bonchev–Trinajstić information content (AvgIpc) is 2.02. The fourth-order valence-corrected chi connectivity index (χ4v) is 0.339. The molecule has 0 aliphatic carbocycles. The van der Waals surface area contributed by atoms with Crippen LogP contribution in [0.4, 0.5) is 4.79 Å². The van der Waals surface area contributed by atoms with E-state index in [1.807, 2.05) is 20.8 Å². The maximum absolute atomic E-state index is 8.56. The van der Waals surface area contributed by atoms with Gasteiger partial charge in [0.25, 0.3) is 0 Å². The van der Waals surface area contributed by atoms with E-state index in [0.717, 1.165) is 5.71 Å². The van der Waals surface area contributed by atoms with Gasteiger partial charge in [-0.2, -0.15) is 0 Å². The summed E-state index contributed by atoms with van der Waals surface area (Å²) in [6.07, 6.45) is -1.83. The van der Waals surface area contributed by atoms with Gasteiger partial charge in [-0.25, -0.2) is 9.79 Å². The number of nitrogens with two attached hydrogens (primary N) is 2. The summed E-state index contributed by atoms with van der Waals surface area (Å²) < 4.78 is 0. The highest BCUT2D eigenvalue weighted by atomic mass is 16.6. The Balaban J connectivity index is 0. The lowest BCUT2D eigenvalue weighted by molar-refractivity contribution is 0.137. The van der Waals surface area contributed by atoms with E-state index in [0.29, 0.717) is 5.92 Å². The summed E-state index contributed by atoms with van der Waals surface area (Å²) in [6.45, 7) is 5.95. The molecule has 0 atom stereocenters. The molecule has 0 amide bonds. The van der Waals surface area contributed by atoms with E-state index in [4.69, 9.17) is 26.6 Å². The summed E-state index contributed by atoms with van der Waals surface area (Å²) in [5, 5.41) is 17.2. The number of hydrogen-bond acceptors (Lipinski definition) is 3. The van der Waals surface area contributed by atoms with Crippen molar-refractivity contribution in [2.75, 3.05) is 0 Å². The van der Waals surface area contributed by atoms with Crippen LogP contribution in [0.3, 0.4) is 0 Å². The SMILES string of the molecule is CC(=NC(N)=NN)C(C)C.O=C(O)O. The van der Waals surface area contributed by atoms with Crippen molar-refractivity contribution >= 4 is 17.8 Å². The van der Waals surface area contributed by atoms with Gasteiger partial charge in [0.2, 0.25) is 5.96 Å². The number of rotatable bonds is 1. The Kier molecular flexibility index (Phi) is 8.24.